The second kappa shape index (κ2) is 12.2. The molecule has 1 aromatic carbocycles. The Kier molecular flexibility index (Phi) is 10.1. The Labute approximate surface area is 184 Å². The minimum Gasteiger partial charge on any atom is -0.508 e. The molecule has 0 saturated carbocycles. The van der Waals surface area contributed by atoms with E-state index in [1.165, 1.54) is 26.0 Å². The topological polar surface area (TPSA) is 208 Å². The van der Waals surface area contributed by atoms with Gasteiger partial charge in [0.15, 0.2) is 0 Å². The molecule has 8 N–H and O–H groups in total. The molecule has 0 aromatic heterocycles. The standard InChI is InChI=1S/C20H28N4O8/c1-10(17(28)23-11(2)20(31)32)22-19(30)15(7-8-16(26)27)24-18(29)14(21)9-12-3-5-13(25)6-4-12/h3-6,10-11,14-15,25H,7-9,21H2,1-2H3,(H,22,30)(H,23,28)(H,24,29)(H,26,27)(H,31,32). The van der Waals surface area contributed by atoms with Gasteiger partial charge in [-0.3, -0.25) is 24.0 Å². The predicted octanol–water partition coefficient (Wildman–Crippen LogP) is -1.29. The Hall–Kier alpha value is -3.67. The van der Waals surface area contributed by atoms with Crippen LogP contribution in [0.5, 0.6) is 5.75 Å². The number of nitrogens with two attached hydrogens (primary N) is 1. The summed E-state index contributed by atoms with van der Waals surface area (Å²) in [4.78, 5) is 58.8. The zero-order chi connectivity index (χ0) is 24.4. The van der Waals surface area contributed by atoms with Crippen LogP contribution in [-0.2, 0) is 30.4 Å². The first-order valence-corrected chi connectivity index (χ1v) is 9.80. The van der Waals surface area contributed by atoms with E-state index in [-0.39, 0.29) is 18.6 Å². The van der Waals surface area contributed by atoms with Crippen LogP contribution in [0.25, 0.3) is 0 Å². The molecule has 0 fully saturated rings. The lowest BCUT2D eigenvalue weighted by molar-refractivity contribution is -0.141. The Morgan fingerprint density at radius 3 is 1.97 bits per heavy atom. The SMILES string of the molecule is CC(NC(=O)C(C)NC(=O)C(CCC(=O)O)NC(=O)C(N)Cc1ccc(O)cc1)C(=O)O. The number of carboxylic acids is 2. The lowest BCUT2D eigenvalue weighted by atomic mass is 10.0. The molecule has 1 aromatic rings. The van der Waals surface area contributed by atoms with Crippen LogP contribution in [0.15, 0.2) is 24.3 Å². The highest BCUT2D eigenvalue weighted by Gasteiger charge is 2.27. The van der Waals surface area contributed by atoms with Crippen LogP contribution in [0.3, 0.4) is 0 Å². The summed E-state index contributed by atoms with van der Waals surface area (Å²) in [5, 5.41) is 34.0. The van der Waals surface area contributed by atoms with Crippen LogP contribution >= 0.6 is 0 Å². The van der Waals surface area contributed by atoms with Crippen LogP contribution in [0.2, 0.25) is 0 Å². The van der Waals surface area contributed by atoms with Crippen molar-refractivity contribution in [3.05, 3.63) is 29.8 Å². The molecule has 0 saturated heterocycles. The summed E-state index contributed by atoms with van der Waals surface area (Å²) >= 11 is 0. The van der Waals surface area contributed by atoms with Crippen molar-refractivity contribution >= 4 is 29.7 Å². The Bertz CT molecular complexity index is 843. The van der Waals surface area contributed by atoms with Crippen LogP contribution in [0.4, 0.5) is 0 Å². The molecule has 0 heterocycles. The van der Waals surface area contributed by atoms with E-state index in [0.29, 0.717) is 5.56 Å². The van der Waals surface area contributed by atoms with Crippen LogP contribution in [0.1, 0.15) is 32.3 Å². The molecule has 12 heteroatoms. The summed E-state index contributed by atoms with van der Waals surface area (Å²) < 4.78 is 0. The number of hydrogen-bond acceptors (Lipinski definition) is 7. The van der Waals surface area contributed by atoms with Gasteiger partial charge >= 0.3 is 11.9 Å². The van der Waals surface area contributed by atoms with Crippen molar-refractivity contribution < 1.29 is 39.3 Å². The molecule has 1 rings (SSSR count). The van der Waals surface area contributed by atoms with Gasteiger partial charge in [-0.1, -0.05) is 12.1 Å². The van der Waals surface area contributed by atoms with Gasteiger partial charge in [-0.2, -0.15) is 0 Å². The average Bonchev–Trinajstić information content (AvgIpc) is 2.71. The van der Waals surface area contributed by atoms with Gasteiger partial charge in [0.05, 0.1) is 6.04 Å². The largest absolute Gasteiger partial charge is 0.508 e. The summed E-state index contributed by atoms with van der Waals surface area (Å²) in [5.74, 6) is -4.69. The van der Waals surface area contributed by atoms with E-state index >= 15 is 0 Å². The number of carboxylic acid groups (broad SMARTS) is 2. The monoisotopic (exact) mass is 452 g/mol. The number of carbonyl (C=O) groups excluding carboxylic acids is 3. The number of phenols is 1. The quantitative estimate of drug-likeness (QED) is 0.201. The van der Waals surface area contributed by atoms with Gasteiger partial charge in [-0.15, -0.1) is 0 Å². The minimum atomic E-state index is -1.28. The number of nitrogens with one attached hydrogen (secondary N) is 3. The predicted molar refractivity (Wildman–Crippen MR) is 111 cm³/mol. The first kappa shape index (κ1) is 26.4. The molecule has 0 aliphatic heterocycles. The van der Waals surface area contributed by atoms with Gasteiger partial charge in [-0.25, -0.2) is 0 Å². The summed E-state index contributed by atoms with van der Waals surface area (Å²) in [6.45, 7) is 2.56. The lowest BCUT2D eigenvalue weighted by Crippen LogP contribution is -2.56. The van der Waals surface area contributed by atoms with E-state index in [9.17, 15) is 29.1 Å². The number of rotatable bonds is 12. The third-order valence-corrected chi connectivity index (χ3v) is 4.49. The fourth-order valence-corrected chi connectivity index (χ4v) is 2.57. The second-order valence-corrected chi connectivity index (χ2v) is 7.27. The fourth-order valence-electron chi connectivity index (χ4n) is 2.57. The number of benzene rings is 1. The highest BCUT2D eigenvalue weighted by molar-refractivity contribution is 5.94. The third-order valence-electron chi connectivity index (χ3n) is 4.49. The van der Waals surface area contributed by atoms with Gasteiger partial charge in [0.25, 0.3) is 0 Å². The average molecular weight is 452 g/mol. The molecule has 0 spiro atoms. The van der Waals surface area contributed by atoms with Gasteiger partial charge < -0.3 is 37.0 Å². The highest BCUT2D eigenvalue weighted by atomic mass is 16.4. The number of amides is 3. The molecule has 176 valence electrons. The Balaban J connectivity index is 2.78. The maximum atomic E-state index is 12.6. The first-order chi connectivity index (χ1) is 14.9. The van der Waals surface area contributed by atoms with Crippen LogP contribution in [0, 0.1) is 0 Å². The molecular formula is C20H28N4O8. The second-order valence-electron chi connectivity index (χ2n) is 7.27. The van der Waals surface area contributed by atoms with Crippen molar-refractivity contribution in [3.63, 3.8) is 0 Å². The molecule has 32 heavy (non-hydrogen) atoms. The van der Waals surface area contributed by atoms with E-state index in [2.05, 4.69) is 16.0 Å². The van der Waals surface area contributed by atoms with Gasteiger partial charge in [-0.05, 0) is 44.4 Å². The van der Waals surface area contributed by atoms with Crippen molar-refractivity contribution in [2.45, 2.75) is 57.3 Å². The maximum Gasteiger partial charge on any atom is 0.325 e. The molecular weight excluding hydrogens is 424 g/mol. The summed E-state index contributed by atoms with van der Waals surface area (Å²) in [5.41, 5.74) is 6.54. The molecule has 0 aliphatic rings. The highest BCUT2D eigenvalue weighted by Crippen LogP contribution is 2.11. The summed E-state index contributed by atoms with van der Waals surface area (Å²) in [7, 11) is 0. The fraction of sp³-hybridized carbons (Fsp3) is 0.450. The zero-order valence-corrected chi connectivity index (χ0v) is 17.7. The molecule has 12 nitrogen and oxygen atoms in total. The number of aliphatic carboxylic acids is 2. The maximum absolute atomic E-state index is 12.6. The Morgan fingerprint density at radius 1 is 0.875 bits per heavy atom. The molecule has 4 unspecified atom stereocenters. The zero-order valence-electron chi connectivity index (χ0n) is 17.7. The Morgan fingerprint density at radius 2 is 1.44 bits per heavy atom. The van der Waals surface area contributed by atoms with Crippen LogP contribution in [-0.4, -0.2) is 69.1 Å². The van der Waals surface area contributed by atoms with Crippen molar-refractivity contribution in [1.29, 1.82) is 0 Å². The van der Waals surface area contributed by atoms with Gasteiger partial charge in [0, 0.05) is 6.42 Å². The van der Waals surface area contributed by atoms with Crippen molar-refractivity contribution in [1.82, 2.24) is 16.0 Å². The summed E-state index contributed by atoms with van der Waals surface area (Å²) in [6.07, 6.45) is -0.577. The van der Waals surface area contributed by atoms with Gasteiger partial charge in [0.2, 0.25) is 17.7 Å². The van der Waals surface area contributed by atoms with Crippen LogP contribution < -0.4 is 21.7 Å². The third kappa shape index (κ3) is 9.00. The molecule has 3 amide bonds. The first-order valence-electron chi connectivity index (χ1n) is 9.80. The molecule has 0 radical (unpaired) electrons. The lowest BCUT2D eigenvalue weighted by Gasteiger charge is -2.23. The van der Waals surface area contributed by atoms with Gasteiger partial charge in [0.1, 0.15) is 23.9 Å². The minimum absolute atomic E-state index is 0.0492. The number of hydrogen-bond donors (Lipinski definition) is 7. The number of carbonyl (C=O) groups is 5. The van der Waals surface area contributed by atoms with Crippen molar-refractivity contribution in [2.75, 3.05) is 0 Å². The normalized spacial score (nSPS) is 14.3. The number of phenolic OH excluding ortho intramolecular Hbond substituents is 1. The van der Waals surface area contributed by atoms with Crippen molar-refractivity contribution in [2.24, 2.45) is 5.73 Å². The van der Waals surface area contributed by atoms with E-state index in [4.69, 9.17) is 15.9 Å². The van der Waals surface area contributed by atoms with E-state index in [1.807, 2.05) is 0 Å². The smallest absolute Gasteiger partial charge is 0.325 e. The van der Waals surface area contributed by atoms with E-state index in [1.54, 1.807) is 12.1 Å². The summed E-state index contributed by atoms with van der Waals surface area (Å²) in [6, 6.07) is 1.36. The molecule has 0 aliphatic carbocycles. The van der Waals surface area contributed by atoms with E-state index in [0.717, 1.165) is 0 Å². The van der Waals surface area contributed by atoms with Crippen molar-refractivity contribution in [3.8, 4) is 5.75 Å². The number of aromatic hydroxyl groups is 1. The van der Waals surface area contributed by atoms with E-state index < -0.39 is 60.2 Å². The molecule has 4 atom stereocenters. The molecule has 0 bridgehead atoms.